The van der Waals surface area contributed by atoms with Gasteiger partial charge in [-0.2, -0.15) is 13.2 Å². The Morgan fingerprint density at radius 3 is 2.53 bits per heavy atom. The van der Waals surface area contributed by atoms with Crippen molar-refractivity contribution in [3.63, 3.8) is 0 Å². The van der Waals surface area contributed by atoms with E-state index in [0.717, 1.165) is 34.9 Å². The van der Waals surface area contributed by atoms with Crippen LogP contribution in [0.5, 0.6) is 0 Å². The molecule has 0 aliphatic carbocycles. The van der Waals surface area contributed by atoms with Crippen LogP contribution in [0.25, 0.3) is 0 Å². The van der Waals surface area contributed by atoms with Gasteiger partial charge in [0.05, 0.1) is 18.0 Å². The first-order valence-corrected chi connectivity index (χ1v) is 7.49. The van der Waals surface area contributed by atoms with Gasteiger partial charge in [0.1, 0.15) is 0 Å². The molecule has 8 heteroatoms. The third-order valence-electron chi connectivity index (χ3n) is 2.16. The van der Waals surface area contributed by atoms with E-state index in [2.05, 4.69) is 15.8 Å². The Bertz CT molecular complexity index is 445. The zero-order chi connectivity index (χ0) is 13.7. The van der Waals surface area contributed by atoms with E-state index in [0.29, 0.717) is 4.90 Å². The minimum Gasteiger partial charge on any atom is -0.299 e. The summed E-state index contributed by atoms with van der Waals surface area (Å²) in [6, 6.07) is 6.77. The average molecular weight is 307 g/mol. The van der Waals surface area contributed by atoms with E-state index in [1.807, 2.05) is 0 Å². The summed E-state index contributed by atoms with van der Waals surface area (Å²) in [5, 5.41) is 0.829. The summed E-state index contributed by atoms with van der Waals surface area (Å²) < 4.78 is 36.2. The number of benzene rings is 1. The van der Waals surface area contributed by atoms with Crippen LogP contribution in [-0.2, 0) is 0 Å². The summed E-state index contributed by atoms with van der Waals surface area (Å²) in [5.41, 5.74) is 6.69. The van der Waals surface area contributed by atoms with Crippen LogP contribution in [0.3, 0.4) is 0 Å². The smallest absolute Gasteiger partial charge is 0.299 e. The molecular weight excluding hydrogens is 295 g/mol. The van der Waals surface area contributed by atoms with Crippen molar-refractivity contribution < 1.29 is 13.2 Å². The molecule has 2 N–H and O–H groups in total. The lowest BCUT2D eigenvalue weighted by Crippen LogP contribution is -2.25. The molecular formula is C11H12F3N3S2. The predicted molar refractivity (Wildman–Crippen MR) is 74.7 cm³/mol. The fourth-order valence-electron chi connectivity index (χ4n) is 1.34. The van der Waals surface area contributed by atoms with Crippen molar-refractivity contribution in [3.8, 4) is 0 Å². The predicted octanol–water partition coefficient (Wildman–Crippen LogP) is 3.36. The van der Waals surface area contributed by atoms with E-state index in [4.69, 9.17) is 0 Å². The monoisotopic (exact) mass is 307 g/mol. The Morgan fingerprint density at radius 1 is 1.21 bits per heavy atom. The molecule has 3 nitrogen and oxygen atoms in total. The fraction of sp³-hybridized carbons (Fsp3) is 0.364. The van der Waals surface area contributed by atoms with E-state index in [1.54, 1.807) is 36.0 Å². The molecule has 0 aromatic heterocycles. The number of rotatable bonds is 4. The summed E-state index contributed by atoms with van der Waals surface area (Å²) in [6.45, 7) is 0.807. The molecule has 1 aliphatic heterocycles. The maximum atomic E-state index is 12.1. The lowest BCUT2D eigenvalue weighted by atomic mass is 10.3. The molecule has 1 aromatic rings. The molecule has 104 valence electrons. The van der Waals surface area contributed by atoms with Crippen LogP contribution in [0.1, 0.15) is 0 Å². The quantitative estimate of drug-likeness (QED) is 0.660. The number of nitrogens with one attached hydrogen (secondary N) is 2. The highest BCUT2D eigenvalue weighted by Gasteiger charge is 2.27. The van der Waals surface area contributed by atoms with Gasteiger partial charge in [-0.3, -0.25) is 15.8 Å². The normalized spacial score (nSPS) is 15.2. The average Bonchev–Trinajstić information content (AvgIpc) is 2.87. The maximum absolute atomic E-state index is 12.1. The van der Waals surface area contributed by atoms with Gasteiger partial charge in [0.25, 0.3) is 0 Å². The number of hydrazine groups is 1. The van der Waals surface area contributed by atoms with Gasteiger partial charge in [0.2, 0.25) is 0 Å². The highest BCUT2D eigenvalue weighted by molar-refractivity contribution is 8.14. The summed E-state index contributed by atoms with van der Waals surface area (Å²) >= 11 is 2.40. The first-order chi connectivity index (χ1) is 9.03. The number of anilines is 1. The molecule has 0 fully saturated rings. The Balaban J connectivity index is 1.80. The lowest BCUT2D eigenvalue weighted by molar-refractivity contribution is -0.105. The first-order valence-electron chi connectivity index (χ1n) is 5.52. The van der Waals surface area contributed by atoms with Crippen molar-refractivity contribution in [1.82, 2.24) is 5.43 Å². The Labute approximate surface area is 117 Å². The molecule has 0 atom stereocenters. The van der Waals surface area contributed by atoms with E-state index < -0.39 is 11.9 Å². The standard InChI is InChI=1S/C11H12F3N3S2/c12-11(13,14)7-19-9-3-1-8(2-4-9)16-17-10-15-5-6-18-10/h1-4,16H,5-7H2,(H,15,17). The highest BCUT2D eigenvalue weighted by Crippen LogP contribution is 2.27. The first kappa shape index (κ1) is 14.4. The van der Waals surface area contributed by atoms with E-state index in [1.165, 1.54) is 0 Å². The number of halogens is 3. The SMILES string of the molecule is FC(F)(F)CSc1ccc(NNC2=NCCS2)cc1. The minimum absolute atomic E-state index is 0.593. The molecule has 19 heavy (non-hydrogen) atoms. The second-order valence-electron chi connectivity index (χ2n) is 3.71. The molecule has 0 amide bonds. The van der Waals surface area contributed by atoms with Gasteiger partial charge >= 0.3 is 6.18 Å². The maximum Gasteiger partial charge on any atom is 0.398 e. The number of aliphatic imine (C=N–C) groups is 1. The molecule has 1 aromatic carbocycles. The molecule has 1 heterocycles. The van der Waals surface area contributed by atoms with Crippen molar-refractivity contribution in [2.24, 2.45) is 4.99 Å². The molecule has 0 unspecified atom stereocenters. The summed E-state index contributed by atoms with van der Waals surface area (Å²) in [7, 11) is 0. The zero-order valence-electron chi connectivity index (χ0n) is 9.83. The summed E-state index contributed by atoms with van der Waals surface area (Å²) in [5.74, 6) is 0.0997. The van der Waals surface area contributed by atoms with Crippen LogP contribution >= 0.6 is 23.5 Å². The minimum atomic E-state index is -4.14. The second kappa shape index (κ2) is 6.42. The molecule has 0 radical (unpaired) electrons. The van der Waals surface area contributed by atoms with Gasteiger partial charge in [0, 0.05) is 10.6 Å². The second-order valence-corrected chi connectivity index (χ2v) is 5.85. The third-order valence-corrected chi connectivity index (χ3v) is 4.12. The third kappa shape index (κ3) is 5.23. The van der Waals surface area contributed by atoms with Crippen LogP contribution in [0.2, 0.25) is 0 Å². The number of amidine groups is 1. The van der Waals surface area contributed by atoms with Crippen LogP contribution in [0.15, 0.2) is 34.2 Å². The molecule has 0 saturated carbocycles. The Kier molecular flexibility index (Phi) is 4.87. The van der Waals surface area contributed by atoms with E-state index >= 15 is 0 Å². The van der Waals surface area contributed by atoms with Crippen molar-refractivity contribution in [1.29, 1.82) is 0 Å². The summed E-state index contributed by atoms with van der Waals surface area (Å²) in [6.07, 6.45) is -4.14. The largest absolute Gasteiger partial charge is 0.398 e. The molecule has 1 aliphatic rings. The van der Waals surface area contributed by atoms with E-state index in [-0.39, 0.29) is 0 Å². The fourth-order valence-corrected chi connectivity index (χ4v) is 2.68. The van der Waals surface area contributed by atoms with Crippen molar-refractivity contribution in [2.75, 3.05) is 23.5 Å². The van der Waals surface area contributed by atoms with Gasteiger partial charge < -0.3 is 0 Å². The Hall–Kier alpha value is -1.02. The van der Waals surface area contributed by atoms with Crippen LogP contribution in [-0.4, -0.2) is 29.4 Å². The van der Waals surface area contributed by atoms with Gasteiger partial charge in [-0.05, 0) is 24.3 Å². The molecule has 0 spiro atoms. The molecule has 2 rings (SSSR count). The number of nitrogens with zero attached hydrogens (tertiary/aromatic N) is 1. The number of alkyl halides is 3. The topological polar surface area (TPSA) is 36.4 Å². The van der Waals surface area contributed by atoms with Crippen LogP contribution < -0.4 is 10.9 Å². The van der Waals surface area contributed by atoms with Crippen molar-refractivity contribution in [3.05, 3.63) is 24.3 Å². The van der Waals surface area contributed by atoms with Gasteiger partial charge in [-0.25, -0.2) is 0 Å². The van der Waals surface area contributed by atoms with Crippen molar-refractivity contribution in [2.45, 2.75) is 11.1 Å². The van der Waals surface area contributed by atoms with Gasteiger partial charge in [-0.1, -0.05) is 11.8 Å². The highest BCUT2D eigenvalue weighted by atomic mass is 32.2. The molecule has 0 saturated heterocycles. The van der Waals surface area contributed by atoms with Gasteiger partial charge in [-0.15, -0.1) is 11.8 Å². The van der Waals surface area contributed by atoms with Crippen LogP contribution in [0, 0.1) is 0 Å². The number of thioether (sulfide) groups is 2. The number of hydrogen-bond donors (Lipinski definition) is 2. The lowest BCUT2D eigenvalue weighted by Gasteiger charge is -2.10. The zero-order valence-corrected chi connectivity index (χ0v) is 11.5. The summed E-state index contributed by atoms with van der Waals surface area (Å²) in [4.78, 5) is 4.79. The van der Waals surface area contributed by atoms with Crippen LogP contribution in [0.4, 0.5) is 18.9 Å². The van der Waals surface area contributed by atoms with Crippen molar-refractivity contribution >= 4 is 34.4 Å². The van der Waals surface area contributed by atoms with E-state index in [9.17, 15) is 13.2 Å². The molecule has 0 bridgehead atoms. The van der Waals surface area contributed by atoms with Gasteiger partial charge in [0.15, 0.2) is 5.17 Å². The Morgan fingerprint density at radius 2 is 1.95 bits per heavy atom. The number of hydrogen-bond acceptors (Lipinski definition) is 5.